The summed E-state index contributed by atoms with van der Waals surface area (Å²) in [6.07, 6.45) is -0.0523. The highest BCUT2D eigenvalue weighted by molar-refractivity contribution is 6.30. The predicted molar refractivity (Wildman–Crippen MR) is 72.4 cm³/mol. The number of carbonyl (C=O) groups excluding carboxylic acids is 1. The predicted octanol–water partition coefficient (Wildman–Crippen LogP) is 4.05. The number of ketones is 1. The molecule has 0 saturated carbocycles. The van der Waals surface area contributed by atoms with Crippen molar-refractivity contribution in [2.24, 2.45) is 0 Å². The van der Waals surface area contributed by atoms with Gasteiger partial charge in [0.15, 0.2) is 5.78 Å². The summed E-state index contributed by atoms with van der Waals surface area (Å²) < 4.78 is 31.6. The number of benzene rings is 2. The summed E-state index contributed by atoms with van der Waals surface area (Å²) in [5, 5.41) is -0.0643. The molecular formula is C15H11ClF2O2. The van der Waals surface area contributed by atoms with Crippen LogP contribution in [0.3, 0.4) is 0 Å². The van der Waals surface area contributed by atoms with Crippen molar-refractivity contribution in [2.75, 3.05) is 7.11 Å². The number of Topliss-reactive ketones (excluding diaryl/α,β-unsaturated/α-hetero) is 1. The number of hydrogen-bond acceptors (Lipinski definition) is 2. The van der Waals surface area contributed by atoms with E-state index < -0.39 is 17.4 Å². The fourth-order valence-corrected chi connectivity index (χ4v) is 1.98. The number of rotatable bonds is 4. The Bertz CT molecular complexity index is 656. The minimum atomic E-state index is -0.650. The molecule has 5 heteroatoms. The highest BCUT2D eigenvalue weighted by Crippen LogP contribution is 2.20. The summed E-state index contributed by atoms with van der Waals surface area (Å²) in [5.41, 5.74) is 0.489. The molecule has 0 aliphatic rings. The van der Waals surface area contributed by atoms with E-state index in [9.17, 15) is 13.6 Å². The first-order chi connectivity index (χ1) is 9.51. The molecule has 2 nitrogen and oxygen atoms in total. The van der Waals surface area contributed by atoms with Crippen LogP contribution in [0.5, 0.6) is 5.75 Å². The maximum Gasteiger partial charge on any atom is 0.170 e. The molecule has 104 valence electrons. The van der Waals surface area contributed by atoms with Gasteiger partial charge in [0.25, 0.3) is 0 Å². The molecular weight excluding hydrogens is 286 g/mol. The van der Waals surface area contributed by atoms with Crippen molar-refractivity contribution in [2.45, 2.75) is 6.42 Å². The molecule has 0 fully saturated rings. The Morgan fingerprint density at radius 1 is 1.15 bits per heavy atom. The second kappa shape index (κ2) is 6.01. The van der Waals surface area contributed by atoms with Crippen LogP contribution in [0.15, 0.2) is 36.4 Å². The average molecular weight is 297 g/mol. The molecule has 0 heterocycles. The van der Waals surface area contributed by atoms with Crippen molar-refractivity contribution >= 4 is 17.4 Å². The lowest BCUT2D eigenvalue weighted by molar-refractivity contribution is 0.0989. The van der Waals surface area contributed by atoms with Gasteiger partial charge in [-0.1, -0.05) is 17.7 Å². The van der Waals surface area contributed by atoms with E-state index in [1.165, 1.54) is 37.4 Å². The summed E-state index contributed by atoms with van der Waals surface area (Å²) >= 11 is 5.64. The van der Waals surface area contributed by atoms with Crippen LogP contribution >= 0.6 is 11.6 Å². The van der Waals surface area contributed by atoms with Gasteiger partial charge >= 0.3 is 0 Å². The molecule has 20 heavy (non-hydrogen) atoms. The Morgan fingerprint density at radius 2 is 1.90 bits per heavy atom. The van der Waals surface area contributed by atoms with Crippen molar-refractivity contribution in [1.29, 1.82) is 0 Å². The smallest absolute Gasteiger partial charge is 0.170 e. The first-order valence-corrected chi connectivity index (χ1v) is 6.19. The van der Waals surface area contributed by atoms with Gasteiger partial charge in [0.2, 0.25) is 0 Å². The quantitative estimate of drug-likeness (QED) is 0.796. The van der Waals surface area contributed by atoms with Crippen LogP contribution in [0, 0.1) is 11.6 Å². The van der Waals surface area contributed by atoms with Gasteiger partial charge in [0.05, 0.1) is 17.7 Å². The molecule has 0 amide bonds. The van der Waals surface area contributed by atoms with Gasteiger partial charge in [0.1, 0.15) is 17.4 Å². The van der Waals surface area contributed by atoms with Crippen molar-refractivity contribution in [3.05, 3.63) is 64.2 Å². The van der Waals surface area contributed by atoms with Crippen LogP contribution in [0.4, 0.5) is 8.78 Å². The Labute approximate surface area is 119 Å². The second-order valence-electron chi connectivity index (χ2n) is 4.19. The molecule has 0 radical (unpaired) electrons. The molecule has 2 rings (SSSR count). The number of halogens is 3. The van der Waals surface area contributed by atoms with E-state index in [0.717, 1.165) is 6.07 Å². The van der Waals surface area contributed by atoms with E-state index in [1.807, 2.05) is 0 Å². The summed E-state index contributed by atoms with van der Waals surface area (Å²) in [6, 6.07) is 7.99. The van der Waals surface area contributed by atoms with E-state index in [2.05, 4.69) is 0 Å². The molecule has 0 unspecified atom stereocenters. The molecule has 0 aliphatic carbocycles. The molecule has 2 aromatic rings. The van der Waals surface area contributed by atoms with Crippen LogP contribution in [0.2, 0.25) is 5.02 Å². The third-order valence-corrected chi connectivity index (χ3v) is 3.11. The Hall–Kier alpha value is -1.94. The number of ether oxygens (including phenoxy) is 1. The van der Waals surface area contributed by atoms with Gasteiger partial charge in [-0.25, -0.2) is 8.78 Å². The highest BCUT2D eigenvalue weighted by Gasteiger charge is 2.14. The molecule has 0 bridgehead atoms. The lowest BCUT2D eigenvalue weighted by Crippen LogP contribution is -2.06. The first-order valence-electron chi connectivity index (χ1n) is 5.82. The first kappa shape index (κ1) is 14.5. The third kappa shape index (κ3) is 3.14. The zero-order valence-corrected chi connectivity index (χ0v) is 11.4. The van der Waals surface area contributed by atoms with Gasteiger partial charge in [-0.2, -0.15) is 0 Å². The van der Waals surface area contributed by atoms with Crippen LogP contribution in [0.25, 0.3) is 0 Å². The Kier molecular flexibility index (Phi) is 4.35. The summed E-state index contributed by atoms with van der Waals surface area (Å²) in [6.45, 7) is 0. The maximum atomic E-state index is 13.7. The third-order valence-electron chi connectivity index (χ3n) is 2.83. The van der Waals surface area contributed by atoms with Crippen LogP contribution in [-0.4, -0.2) is 12.9 Å². The fraction of sp³-hybridized carbons (Fsp3) is 0.133. The summed E-state index contributed by atoms with van der Waals surface area (Å²) in [4.78, 5) is 12.0. The average Bonchev–Trinajstić information content (AvgIpc) is 2.42. The molecule has 0 N–H and O–H groups in total. The van der Waals surface area contributed by atoms with Crippen molar-refractivity contribution in [1.82, 2.24) is 0 Å². The summed E-state index contributed by atoms with van der Waals surface area (Å²) in [7, 11) is 1.41. The molecule has 0 aromatic heterocycles. The SMILES string of the molecule is COc1ccc(C(=O)Cc2ccc(F)c(Cl)c2)c(F)c1. The van der Waals surface area contributed by atoms with E-state index in [0.29, 0.717) is 11.3 Å². The largest absolute Gasteiger partial charge is 0.497 e. The zero-order chi connectivity index (χ0) is 14.7. The molecule has 0 aliphatic heterocycles. The minimum Gasteiger partial charge on any atom is -0.497 e. The normalized spacial score (nSPS) is 10.4. The monoisotopic (exact) mass is 296 g/mol. The molecule has 0 spiro atoms. The second-order valence-corrected chi connectivity index (χ2v) is 4.60. The Balaban J connectivity index is 2.21. The van der Waals surface area contributed by atoms with Gasteiger partial charge in [0, 0.05) is 12.5 Å². The van der Waals surface area contributed by atoms with Crippen LogP contribution in [-0.2, 0) is 6.42 Å². The van der Waals surface area contributed by atoms with E-state index >= 15 is 0 Å². The van der Waals surface area contributed by atoms with E-state index in [4.69, 9.17) is 16.3 Å². The number of hydrogen-bond donors (Lipinski definition) is 0. The van der Waals surface area contributed by atoms with E-state index in [1.54, 1.807) is 0 Å². The maximum absolute atomic E-state index is 13.7. The van der Waals surface area contributed by atoms with Gasteiger partial charge in [-0.05, 0) is 29.8 Å². The van der Waals surface area contributed by atoms with Gasteiger partial charge < -0.3 is 4.74 Å². The lowest BCUT2D eigenvalue weighted by atomic mass is 10.0. The summed E-state index contributed by atoms with van der Waals surface area (Å²) in [5.74, 6) is -1.28. The van der Waals surface area contributed by atoms with Gasteiger partial charge in [-0.3, -0.25) is 4.79 Å². The minimum absolute atomic E-state index is 0.0359. The van der Waals surface area contributed by atoms with Crippen LogP contribution < -0.4 is 4.74 Å². The zero-order valence-electron chi connectivity index (χ0n) is 10.6. The van der Waals surface area contributed by atoms with Gasteiger partial charge in [-0.15, -0.1) is 0 Å². The molecule has 2 aromatic carbocycles. The number of carbonyl (C=O) groups is 1. The topological polar surface area (TPSA) is 26.3 Å². The fourth-order valence-electron chi connectivity index (χ4n) is 1.78. The van der Waals surface area contributed by atoms with Crippen molar-refractivity contribution in [3.8, 4) is 5.75 Å². The lowest BCUT2D eigenvalue weighted by Gasteiger charge is -2.06. The standard InChI is InChI=1S/C15H11ClF2O2/c1-20-10-3-4-11(14(18)8-10)15(19)7-9-2-5-13(17)12(16)6-9/h2-6,8H,7H2,1H3. The van der Waals surface area contributed by atoms with E-state index in [-0.39, 0.29) is 17.0 Å². The van der Waals surface area contributed by atoms with Crippen molar-refractivity contribution < 1.29 is 18.3 Å². The molecule has 0 saturated heterocycles. The number of methoxy groups -OCH3 is 1. The van der Waals surface area contributed by atoms with Crippen LogP contribution in [0.1, 0.15) is 15.9 Å². The highest BCUT2D eigenvalue weighted by atomic mass is 35.5. The van der Waals surface area contributed by atoms with Crippen molar-refractivity contribution in [3.63, 3.8) is 0 Å². The molecule has 0 atom stereocenters. The Morgan fingerprint density at radius 3 is 2.50 bits per heavy atom.